The zero-order valence-corrected chi connectivity index (χ0v) is 20.6. The van der Waals surface area contributed by atoms with Crippen LogP contribution in [0.5, 0.6) is 11.5 Å². The van der Waals surface area contributed by atoms with E-state index < -0.39 is 11.6 Å². The number of pyridine rings is 2. The standard InChI is InChI=1S/C29H25FN6O2/c1-16-23-10-18(13-34-29(23)36-35-16)24-11-20(14-33-27(24)22-6-4-7-25(30)28(22)37)38-15-19(31)9-17-12-32-26-8-3-2-5-21(17)26/h2-8,10-14,19,32,37H,9,15,31H2,1H3,(H,34,35,36)/t19-/m0/s1. The van der Waals surface area contributed by atoms with Crippen LogP contribution in [0.15, 0.2) is 73.2 Å². The molecule has 0 saturated carbocycles. The maximum atomic E-state index is 14.2. The number of rotatable bonds is 7. The van der Waals surface area contributed by atoms with Crippen LogP contribution in [0.25, 0.3) is 44.3 Å². The number of aromatic amines is 2. The Kier molecular flexibility index (Phi) is 5.97. The first-order chi connectivity index (χ1) is 18.5. The third kappa shape index (κ3) is 4.33. The number of phenolic OH excluding ortho intramolecular Hbond substituents is 1. The Morgan fingerprint density at radius 2 is 1.89 bits per heavy atom. The van der Waals surface area contributed by atoms with E-state index in [0.29, 0.717) is 29.1 Å². The second-order valence-corrected chi connectivity index (χ2v) is 9.28. The number of nitrogens with zero attached hydrogens (tertiary/aromatic N) is 3. The van der Waals surface area contributed by atoms with E-state index in [2.05, 4.69) is 31.2 Å². The van der Waals surface area contributed by atoms with Crippen LogP contribution in [0.3, 0.4) is 0 Å². The number of ether oxygens (including phenoxy) is 1. The minimum Gasteiger partial charge on any atom is -0.504 e. The maximum Gasteiger partial charge on any atom is 0.181 e. The van der Waals surface area contributed by atoms with Crippen LogP contribution in [0.1, 0.15) is 11.3 Å². The van der Waals surface area contributed by atoms with Crippen molar-refractivity contribution in [1.29, 1.82) is 0 Å². The number of aromatic nitrogens is 5. The lowest BCUT2D eigenvalue weighted by Crippen LogP contribution is -2.30. The summed E-state index contributed by atoms with van der Waals surface area (Å²) in [4.78, 5) is 12.3. The van der Waals surface area contributed by atoms with Gasteiger partial charge in [-0.15, -0.1) is 0 Å². The van der Waals surface area contributed by atoms with Gasteiger partial charge in [-0.2, -0.15) is 5.10 Å². The Hall–Kier alpha value is -4.76. The van der Waals surface area contributed by atoms with Gasteiger partial charge in [0.1, 0.15) is 12.4 Å². The number of aryl methyl sites for hydroxylation is 1. The number of hydrogen-bond acceptors (Lipinski definition) is 6. The number of benzene rings is 2. The van der Waals surface area contributed by atoms with Gasteiger partial charge in [0.25, 0.3) is 0 Å². The lowest BCUT2D eigenvalue weighted by Gasteiger charge is -2.16. The number of hydrogen-bond donors (Lipinski definition) is 4. The summed E-state index contributed by atoms with van der Waals surface area (Å²) >= 11 is 0. The number of H-pyrrole nitrogens is 2. The van der Waals surface area contributed by atoms with Crippen molar-refractivity contribution in [3.63, 3.8) is 0 Å². The molecule has 38 heavy (non-hydrogen) atoms. The Labute approximate surface area is 217 Å². The van der Waals surface area contributed by atoms with Gasteiger partial charge in [0.2, 0.25) is 0 Å². The number of phenols is 1. The molecule has 6 rings (SSSR count). The monoisotopic (exact) mass is 508 g/mol. The predicted molar refractivity (Wildman–Crippen MR) is 144 cm³/mol. The van der Waals surface area contributed by atoms with Crippen LogP contribution < -0.4 is 10.5 Å². The molecule has 4 aromatic heterocycles. The molecule has 0 radical (unpaired) electrons. The summed E-state index contributed by atoms with van der Waals surface area (Å²) < 4.78 is 20.3. The lowest BCUT2D eigenvalue weighted by molar-refractivity contribution is 0.287. The minimum absolute atomic E-state index is 0.254. The van der Waals surface area contributed by atoms with Crippen LogP contribution in [0.4, 0.5) is 4.39 Å². The van der Waals surface area contributed by atoms with Gasteiger partial charge in [-0.1, -0.05) is 24.3 Å². The Bertz CT molecular complexity index is 1780. The number of nitrogens with one attached hydrogen (secondary N) is 2. The zero-order chi connectivity index (χ0) is 26.2. The number of para-hydroxylation sites is 2. The largest absolute Gasteiger partial charge is 0.504 e. The third-order valence-corrected chi connectivity index (χ3v) is 6.64. The molecule has 0 saturated heterocycles. The van der Waals surface area contributed by atoms with Crippen LogP contribution >= 0.6 is 0 Å². The Morgan fingerprint density at radius 3 is 2.79 bits per heavy atom. The van der Waals surface area contributed by atoms with Crippen molar-refractivity contribution in [2.45, 2.75) is 19.4 Å². The first-order valence-electron chi connectivity index (χ1n) is 12.2. The highest BCUT2D eigenvalue weighted by Crippen LogP contribution is 2.38. The number of aromatic hydroxyl groups is 1. The molecule has 0 aliphatic rings. The van der Waals surface area contributed by atoms with Gasteiger partial charge in [-0.3, -0.25) is 10.1 Å². The molecule has 6 aromatic rings. The van der Waals surface area contributed by atoms with Crippen molar-refractivity contribution in [1.82, 2.24) is 25.1 Å². The third-order valence-electron chi connectivity index (χ3n) is 6.64. The predicted octanol–water partition coefficient (Wildman–Crippen LogP) is 5.27. The highest BCUT2D eigenvalue weighted by molar-refractivity contribution is 5.89. The minimum atomic E-state index is -0.724. The molecule has 0 aliphatic heterocycles. The van der Waals surface area contributed by atoms with E-state index in [1.54, 1.807) is 18.5 Å². The fourth-order valence-corrected chi connectivity index (χ4v) is 4.68. The van der Waals surface area contributed by atoms with Crippen molar-refractivity contribution in [2.24, 2.45) is 5.73 Å². The van der Waals surface area contributed by atoms with E-state index >= 15 is 0 Å². The van der Waals surface area contributed by atoms with Gasteiger partial charge in [0.15, 0.2) is 17.2 Å². The van der Waals surface area contributed by atoms with Crippen LogP contribution in [0.2, 0.25) is 0 Å². The van der Waals surface area contributed by atoms with Gasteiger partial charge >= 0.3 is 0 Å². The van der Waals surface area contributed by atoms with Crippen molar-refractivity contribution in [2.75, 3.05) is 6.61 Å². The zero-order valence-electron chi connectivity index (χ0n) is 20.6. The summed E-state index contributed by atoms with van der Waals surface area (Å²) in [6.07, 6.45) is 5.84. The molecule has 2 aromatic carbocycles. The van der Waals surface area contributed by atoms with Crippen LogP contribution in [-0.4, -0.2) is 42.9 Å². The highest BCUT2D eigenvalue weighted by atomic mass is 19.1. The summed E-state index contributed by atoms with van der Waals surface area (Å²) in [5.74, 6) is -0.694. The van der Waals surface area contributed by atoms with Crippen LogP contribution in [0, 0.1) is 12.7 Å². The summed E-state index contributed by atoms with van der Waals surface area (Å²) in [5, 5.41) is 19.6. The average Bonchev–Trinajstić information content (AvgIpc) is 3.52. The molecule has 9 heteroatoms. The molecule has 0 bridgehead atoms. The lowest BCUT2D eigenvalue weighted by atomic mass is 9.99. The van der Waals surface area contributed by atoms with Crippen molar-refractivity contribution >= 4 is 21.9 Å². The molecule has 1 atom stereocenters. The van der Waals surface area contributed by atoms with Gasteiger partial charge in [0, 0.05) is 57.1 Å². The molecule has 190 valence electrons. The van der Waals surface area contributed by atoms with E-state index in [0.717, 1.165) is 33.1 Å². The number of nitrogens with two attached hydrogens (primary N) is 1. The van der Waals surface area contributed by atoms with Crippen molar-refractivity contribution in [3.8, 4) is 33.9 Å². The first kappa shape index (κ1) is 23.6. The highest BCUT2D eigenvalue weighted by Gasteiger charge is 2.18. The molecule has 0 aliphatic carbocycles. The smallest absolute Gasteiger partial charge is 0.181 e. The van der Waals surface area contributed by atoms with Gasteiger partial charge < -0.3 is 20.6 Å². The topological polar surface area (TPSA) is 126 Å². The molecular weight excluding hydrogens is 483 g/mol. The molecule has 8 nitrogen and oxygen atoms in total. The fourth-order valence-electron chi connectivity index (χ4n) is 4.68. The van der Waals surface area contributed by atoms with Crippen molar-refractivity contribution in [3.05, 3.63) is 90.3 Å². The summed E-state index contributed by atoms with van der Waals surface area (Å²) in [7, 11) is 0. The molecule has 0 amide bonds. The van der Waals surface area contributed by atoms with Gasteiger partial charge in [-0.25, -0.2) is 9.37 Å². The van der Waals surface area contributed by atoms with Gasteiger partial charge in [0.05, 0.1) is 11.9 Å². The molecular formula is C29H25FN6O2. The number of fused-ring (bicyclic) bond motifs is 2. The molecule has 0 unspecified atom stereocenters. The molecule has 0 fully saturated rings. The molecule has 4 heterocycles. The van der Waals surface area contributed by atoms with E-state index in [4.69, 9.17) is 10.5 Å². The quantitative estimate of drug-likeness (QED) is 0.233. The van der Waals surface area contributed by atoms with E-state index in [1.807, 2.05) is 43.5 Å². The Balaban J connectivity index is 1.32. The van der Waals surface area contributed by atoms with Crippen molar-refractivity contribution < 1.29 is 14.2 Å². The summed E-state index contributed by atoms with van der Waals surface area (Å²) in [6, 6.07) is 15.9. The SMILES string of the molecule is Cc1[nH]nc2ncc(-c3cc(OC[C@@H](N)Cc4c[nH]c5ccccc45)cnc3-c3cccc(F)c3O)cc12. The van der Waals surface area contributed by atoms with E-state index in [-0.39, 0.29) is 18.2 Å². The summed E-state index contributed by atoms with van der Waals surface area (Å²) in [6.45, 7) is 2.18. The fraction of sp³-hybridized carbons (Fsp3) is 0.138. The van der Waals surface area contributed by atoms with Gasteiger partial charge in [-0.05, 0) is 49.2 Å². The average molecular weight is 509 g/mol. The normalized spacial score (nSPS) is 12.3. The molecule has 5 N–H and O–H groups in total. The van der Waals surface area contributed by atoms with E-state index in [1.165, 1.54) is 12.1 Å². The Morgan fingerprint density at radius 1 is 1.03 bits per heavy atom. The second-order valence-electron chi connectivity index (χ2n) is 9.28. The van der Waals surface area contributed by atoms with E-state index in [9.17, 15) is 9.50 Å². The maximum absolute atomic E-state index is 14.2. The number of halogens is 1. The first-order valence-corrected chi connectivity index (χ1v) is 12.2. The second kappa shape index (κ2) is 9.60. The molecule has 0 spiro atoms. The summed E-state index contributed by atoms with van der Waals surface area (Å²) in [5.41, 5.74) is 12.1. The van der Waals surface area contributed by atoms with Crippen LogP contribution in [-0.2, 0) is 6.42 Å².